The molecule has 0 saturated heterocycles. The molecule has 0 saturated carbocycles. The molecule has 0 aliphatic carbocycles. The molecule has 168 valence electrons. The van der Waals surface area contributed by atoms with E-state index in [4.69, 9.17) is 15.6 Å². The van der Waals surface area contributed by atoms with Crippen molar-refractivity contribution >= 4 is 17.6 Å². The molecule has 2 aromatic carbocycles. The fourth-order valence-corrected chi connectivity index (χ4v) is 3.09. The first-order valence-electron chi connectivity index (χ1n) is 9.52. The van der Waals surface area contributed by atoms with E-state index in [2.05, 4.69) is 15.3 Å². The van der Waals surface area contributed by atoms with Crippen molar-refractivity contribution in [1.29, 1.82) is 0 Å². The molecule has 0 radical (unpaired) electrons. The summed E-state index contributed by atoms with van der Waals surface area (Å²) in [5.41, 5.74) is 6.50. The summed E-state index contributed by atoms with van der Waals surface area (Å²) in [5, 5.41) is 11.8. The molecule has 0 bridgehead atoms. The molecule has 4 N–H and O–H groups in total. The predicted octanol–water partition coefficient (Wildman–Crippen LogP) is 4.18. The molecule has 32 heavy (non-hydrogen) atoms. The highest BCUT2D eigenvalue weighted by atomic mass is 19.4. The molecule has 3 aromatic rings. The second kappa shape index (κ2) is 9.23. The lowest BCUT2D eigenvalue weighted by molar-refractivity contribution is -0.139. The molecule has 0 fully saturated rings. The molecule has 0 spiro atoms. The number of aromatic nitrogens is 2. The second-order valence-corrected chi connectivity index (χ2v) is 7.13. The molecule has 0 unspecified atom stereocenters. The SMILES string of the molecule is COc1cc(C[C@H](N)C(=O)O)ccc1Nc1ncc(C(F)(F)F)c(-c2cccc(C)c2)n1. The number of nitrogens with zero attached hydrogens (tertiary/aromatic N) is 2. The van der Waals surface area contributed by atoms with Crippen LogP contribution >= 0.6 is 0 Å². The van der Waals surface area contributed by atoms with Crippen LogP contribution in [0.3, 0.4) is 0 Å². The quantitative estimate of drug-likeness (QED) is 0.499. The van der Waals surface area contributed by atoms with Gasteiger partial charge in [-0.2, -0.15) is 13.2 Å². The van der Waals surface area contributed by atoms with E-state index >= 15 is 0 Å². The Morgan fingerprint density at radius 1 is 1.25 bits per heavy atom. The van der Waals surface area contributed by atoms with Crippen LogP contribution in [0.2, 0.25) is 0 Å². The third kappa shape index (κ3) is 5.33. The lowest BCUT2D eigenvalue weighted by Gasteiger charge is -2.16. The van der Waals surface area contributed by atoms with Crippen LogP contribution in [-0.4, -0.2) is 34.2 Å². The van der Waals surface area contributed by atoms with Crippen LogP contribution in [0, 0.1) is 6.92 Å². The van der Waals surface area contributed by atoms with Gasteiger partial charge in [0.15, 0.2) is 0 Å². The number of hydrogen-bond acceptors (Lipinski definition) is 6. The lowest BCUT2D eigenvalue weighted by atomic mass is 10.0. The topological polar surface area (TPSA) is 110 Å². The number of ether oxygens (including phenoxy) is 1. The van der Waals surface area contributed by atoms with E-state index in [0.29, 0.717) is 22.6 Å². The number of rotatable bonds is 7. The first-order valence-corrected chi connectivity index (χ1v) is 9.52. The van der Waals surface area contributed by atoms with Crippen LogP contribution in [0.25, 0.3) is 11.3 Å². The van der Waals surface area contributed by atoms with E-state index in [9.17, 15) is 18.0 Å². The number of carboxylic acid groups (broad SMARTS) is 1. The monoisotopic (exact) mass is 446 g/mol. The fraction of sp³-hybridized carbons (Fsp3) is 0.227. The molecule has 1 aromatic heterocycles. The van der Waals surface area contributed by atoms with Gasteiger partial charge in [0.2, 0.25) is 5.95 Å². The van der Waals surface area contributed by atoms with Gasteiger partial charge in [-0.15, -0.1) is 0 Å². The number of hydrogen-bond donors (Lipinski definition) is 3. The van der Waals surface area contributed by atoms with Gasteiger partial charge in [0, 0.05) is 11.8 Å². The Morgan fingerprint density at radius 3 is 2.62 bits per heavy atom. The summed E-state index contributed by atoms with van der Waals surface area (Å²) < 4.78 is 46.0. The van der Waals surface area contributed by atoms with Crippen LogP contribution in [0.1, 0.15) is 16.7 Å². The van der Waals surface area contributed by atoms with Crippen molar-refractivity contribution in [2.24, 2.45) is 5.73 Å². The number of halogens is 3. The third-order valence-corrected chi connectivity index (χ3v) is 4.67. The predicted molar refractivity (Wildman–Crippen MR) is 113 cm³/mol. The van der Waals surface area contributed by atoms with Gasteiger partial charge >= 0.3 is 12.1 Å². The molecule has 0 aliphatic heterocycles. The van der Waals surface area contributed by atoms with Crippen molar-refractivity contribution in [2.45, 2.75) is 25.6 Å². The van der Waals surface area contributed by atoms with Crippen molar-refractivity contribution in [1.82, 2.24) is 9.97 Å². The summed E-state index contributed by atoms with van der Waals surface area (Å²) in [4.78, 5) is 18.9. The zero-order valence-corrected chi connectivity index (χ0v) is 17.3. The molecule has 0 aliphatic rings. The van der Waals surface area contributed by atoms with Gasteiger partial charge in [-0.3, -0.25) is 4.79 Å². The van der Waals surface area contributed by atoms with E-state index in [1.807, 2.05) is 0 Å². The Kier molecular flexibility index (Phi) is 6.64. The van der Waals surface area contributed by atoms with E-state index in [0.717, 1.165) is 11.8 Å². The first-order chi connectivity index (χ1) is 15.1. The van der Waals surface area contributed by atoms with Crippen molar-refractivity contribution in [3.05, 3.63) is 65.4 Å². The minimum Gasteiger partial charge on any atom is -0.495 e. The van der Waals surface area contributed by atoms with Crippen LogP contribution in [0.5, 0.6) is 5.75 Å². The molecular weight excluding hydrogens is 425 g/mol. The summed E-state index contributed by atoms with van der Waals surface area (Å²) >= 11 is 0. The molecule has 3 rings (SSSR count). The van der Waals surface area contributed by atoms with Gasteiger partial charge in [0.05, 0.1) is 18.5 Å². The minimum atomic E-state index is -4.63. The number of carbonyl (C=O) groups is 1. The minimum absolute atomic E-state index is 0.0530. The van der Waals surface area contributed by atoms with Crippen molar-refractivity contribution in [2.75, 3.05) is 12.4 Å². The average Bonchev–Trinajstić information content (AvgIpc) is 2.73. The molecule has 7 nitrogen and oxygen atoms in total. The number of alkyl halides is 3. The van der Waals surface area contributed by atoms with Gasteiger partial charge < -0.3 is 20.9 Å². The number of nitrogens with one attached hydrogen (secondary N) is 1. The van der Waals surface area contributed by atoms with Gasteiger partial charge in [-0.1, -0.05) is 29.8 Å². The van der Waals surface area contributed by atoms with E-state index < -0.39 is 23.8 Å². The first kappa shape index (κ1) is 23.0. The Morgan fingerprint density at radius 2 is 2.00 bits per heavy atom. The standard InChI is InChI=1S/C22H21F3N4O3/c1-12-4-3-5-14(8-12)19-15(22(23,24)25)11-27-21(29-19)28-17-7-6-13(10-18(17)32-2)9-16(26)20(30)31/h3-8,10-11,16H,9,26H2,1-2H3,(H,30,31)(H,27,28,29)/t16-/m0/s1. The maximum Gasteiger partial charge on any atom is 0.419 e. The Bertz CT molecular complexity index is 1140. The van der Waals surface area contributed by atoms with Crippen molar-refractivity contribution < 1.29 is 27.8 Å². The number of carboxylic acids is 1. The molecule has 1 heterocycles. The Balaban J connectivity index is 1.97. The van der Waals surface area contributed by atoms with Crippen molar-refractivity contribution in [3.63, 3.8) is 0 Å². The molecular formula is C22H21F3N4O3. The average molecular weight is 446 g/mol. The highest BCUT2D eigenvalue weighted by molar-refractivity contribution is 5.74. The van der Waals surface area contributed by atoms with Crippen LogP contribution in [0.4, 0.5) is 24.8 Å². The number of methoxy groups -OCH3 is 1. The van der Waals surface area contributed by atoms with E-state index in [1.54, 1.807) is 49.4 Å². The van der Waals surface area contributed by atoms with Gasteiger partial charge in [-0.25, -0.2) is 9.97 Å². The third-order valence-electron chi connectivity index (χ3n) is 4.67. The summed E-state index contributed by atoms with van der Waals surface area (Å²) in [7, 11) is 1.41. The largest absolute Gasteiger partial charge is 0.495 e. The van der Waals surface area contributed by atoms with E-state index in [-0.39, 0.29) is 18.1 Å². The van der Waals surface area contributed by atoms with Gasteiger partial charge in [0.25, 0.3) is 0 Å². The summed E-state index contributed by atoms with van der Waals surface area (Å²) in [5.74, 6) is -0.850. The maximum atomic E-state index is 13.5. The lowest BCUT2D eigenvalue weighted by Crippen LogP contribution is -2.32. The molecule has 0 amide bonds. The summed E-state index contributed by atoms with van der Waals surface area (Å²) in [6, 6.07) is 10.3. The highest BCUT2D eigenvalue weighted by Crippen LogP contribution is 2.37. The Labute approximate surface area is 182 Å². The number of anilines is 2. The smallest absolute Gasteiger partial charge is 0.419 e. The number of nitrogens with two attached hydrogens (primary N) is 1. The normalized spacial score (nSPS) is 12.3. The van der Waals surface area contributed by atoms with Crippen LogP contribution in [0.15, 0.2) is 48.7 Å². The summed E-state index contributed by atoms with van der Waals surface area (Å²) in [6.07, 6.45) is -3.81. The van der Waals surface area contributed by atoms with Crippen LogP contribution < -0.4 is 15.8 Å². The van der Waals surface area contributed by atoms with Crippen molar-refractivity contribution in [3.8, 4) is 17.0 Å². The maximum absolute atomic E-state index is 13.5. The number of aryl methyl sites for hydroxylation is 1. The van der Waals surface area contributed by atoms with E-state index in [1.165, 1.54) is 7.11 Å². The van der Waals surface area contributed by atoms with Gasteiger partial charge in [0.1, 0.15) is 17.4 Å². The number of aliphatic carboxylic acids is 1. The summed E-state index contributed by atoms with van der Waals surface area (Å²) in [6.45, 7) is 1.78. The number of benzene rings is 2. The molecule has 10 heteroatoms. The zero-order chi connectivity index (χ0) is 23.5. The molecule has 1 atom stereocenters. The fourth-order valence-electron chi connectivity index (χ4n) is 3.09. The zero-order valence-electron chi connectivity index (χ0n) is 17.3. The Hall–Kier alpha value is -3.66. The second-order valence-electron chi connectivity index (χ2n) is 7.13. The van der Waals surface area contributed by atoms with Gasteiger partial charge in [-0.05, 0) is 37.1 Å². The van der Waals surface area contributed by atoms with Crippen LogP contribution in [-0.2, 0) is 17.4 Å². The highest BCUT2D eigenvalue weighted by Gasteiger charge is 2.35.